The number of aliphatic hydroxyl groups excluding tert-OH is 1. The van der Waals surface area contributed by atoms with E-state index in [0.717, 1.165) is 48.7 Å². The Morgan fingerprint density at radius 1 is 0.958 bits per heavy atom. The fourth-order valence-electron chi connectivity index (χ4n) is 2.26. The molecule has 0 aliphatic heterocycles. The first-order valence-electron chi connectivity index (χ1n) is 8.05. The van der Waals surface area contributed by atoms with Crippen molar-refractivity contribution in [3.05, 3.63) is 64.7 Å². The molecule has 0 bridgehead atoms. The van der Waals surface area contributed by atoms with E-state index in [0.29, 0.717) is 6.61 Å². The minimum absolute atomic E-state index is 0. The Balaban J connectivity index is 0.00000288. The van der Waals surface area contributed by atoms with Crippen LogP contribution in [0.3, 0.4) is 0 Å². The number of hydrogen-bond acceptors (Lipinski definition) is 3. The zero-order chi connectivity index (χ0) is 16.3. The quantitative estimate of drug-likeness (QED) is 0.601. The Morgan fingerprint density at radius 3 is 2.50 bits per heavy atom. The topological polar surface area (TPSA) is 41.5 Å². The van der Waals surface area contributed by atoms with Crippen LogP contribution in [0.4, 0.5) is 0 Å². The lowest BCUT2D eigenvalue weighted by atomic mass is 10.2. The minimum Gasteiger partial charge on any atom is -0.489 e. The Hall–Kier alpha value is -1.26. The minimum atomic E-state index is 0. The summed E-state index contributed by atoms with van der Waals surface area (Å²) in [5.74, 6) is 0.875. The van der Waals surface area contributed by atoms with Gasteiger partial charge in [0.25, 0.3) is 0 Å². The van der Waals surface area contributed by atoms with Gasteiger partial charge in [0, 0.05) is 18.2 Å². The van der Waals surface area contributed by atoms with Gasteiger partial charge in [-0.1, -0.05) is 35.9 Å². The fourth-order valence-corrected chi connectivity index (χ4v) is 2.39. The normalized spacial score (nSPS) is 10.2. The fraction of sp³-hybridized carbons (Fsp3) is 0.368. The summed E-state index contributed by atoms with van der Waals surface area (Å²) in [6, 6.07) is 15.8. The summed E-state index contributed by atoms with van der Waals surface area (Å²) >= 11 is 5.88. The molecular formula is C19H25Cl2NO2. The maximum absolute atomic E-state index is 8.74. The van der Waals surface area contributed by atoms with Gasteiger partial charge in [0.1, 0.15) is 12.4 Å². The lowest BCUT2D eigenvalue weighted by Crippen LogP contribution is -2.14. The molecule has 0 saturated heterocycles. The lowest BCUT2D eigenvalue weighted by Gasteiger charge is -2.09. The van der Waals surface area contributed by atoms with Crippen LogP contribution in [-0.4, -0.2) is 18.3 Å². The molecule has 0 atom stereocenters. The van der Waals surface area contributed by atoms with E-state index < -0.39 is 0 Å². The second-order valence-electron chi connectivity index (χ2n) is 5.52. The third-order valence-corrected chi connectivity index (χ3v) is 3.81. The molecule has 2 aromatic rings. The summed E-state index contributed by atoms with van der Waals surface area (Å²) in [7, 11) is 0. The monoisotopic (exact) mass is 369 g/mol. The van der Waals surface area contributed by atoms with Crippen molar-refractivity contribution in [3.8, 4) is 5.75 Å². The van der Waals surface area contributed by atoms with Crippen molar-refractivity contribution in [1.82, 2.24) is 5.32 Å². The maximum atomic E-state index is 8.74. The van der Waals surface area contributed by atoms with E-state index in [1.807, 2.05) is 36.4 Å². The van der Waals surface area contributed by atoms with Crippen LogP contribution >= 0.6 is 24.0 Å². The van der Waals surface area contributed by atoms with Gasteiger partial charge in [-0.15, -0.1) is 12.4 Å². The average Bonchev–Trinajstić information content (AvgIpc) is 2.58. The molecule has 0 unspecified atom stereocenters. The SMILES string of the molecule is Cl.OCCCCCNCc1cccc(OCc2ccc(Cl)cc2)c1. The number of aliphatic hydroxyl groups is 1. The third-order valence-electron chi connectivity index (χ3n) is 3.56. The predicted octanol–water partition coefficient (Wildman–Crippen LogP) is 4.59. The zero-order valence-electron chi connectivity index (χ0n) is 13.7. The van der Waals surface area contributed by atoms with Gasteiger partial charge in [-0.25, -0.2) is 0 Å². The Bertz CT molecular complexity index is 576. The number of unbranched alkanes of at least 4 members (excludes halogenated alkanes) is 2. The number of nitrogens with one attached hydrogen (secondary N) is 1. The first kappa shape index (κ1) is 20.8. The van der Waals surface area contributed by atoms with E-state index in [9.17, 15) is 0 Å². The van der Waals surface area contributed by atoms with Gasteiger partial charge in [-0.05, 0) is 61.2 Å². The van der Waals surface area contributed by atoms with Crippen LogP contribution < -0.4 is 10.1 Å². The summed E-state index contributed by atoms with van der Waals surface area (Å²) in [5.41, 5.74) is 2.31. The van der Waals surface area contributed by atoms with Crippen LogP contribution in [0.25, 0.3) is 0 Å². The summed E-state index contributed by atoms with van der Waals surface area (Å²) < 4.78 is 5.83. The van der Waals surface area contributed by atoms with Gasteiger partial charge in [-0.2, -0.15) is 0 Å². The first-order chi connectivity index (χ1) is 11.3. The van der Waals surface area contributed by atoms with Crippen LogP contribution in [0.1, 0.15) is 30.4 Å². The van der Waals surface area contributed by atoms with E-state index in [1.165, 1.54) is 5.56 Å². The van der Waals surface area contributed by atoms with Gasteiger partial charge in [0.05, 0.1) is 0 Å². The van der Waals surface area contributed by atoms with Crippen LogP contribution in [0.15, 0.2) is 48.5 Å². The molecular weight excluding hydrogens is 345 g/mol. The molecule has 3 nitrogen and oxygen atoms in total. The van der Waals surface area contributed by atoms with E-state index in [4.69, 9.17) is 21.4 Å². The lowest BCUT2D eigenvalue weighted by molar-refractivity contribution is 0.283. The highest BCUT2D eigenvalue weighted by atomic mass is 35.5. The van der Waals surface area contributed by atoms with Crippen molar-refractivity contribution in [2.24, 2.45) is 0 Å². The van der Waals surface area contributed by atoms with Gasteiger partial charge < -0.3 is 15.2 Å². The highest BCUT2D eigenvalue weighted by molar-refractivity contribution is 6.30. The van der Waals surface area contributed by atoms with Crippen LogP contribution in [0, 0.1) is 0 Å². The van der Waals surface area contributed by atoms with E-state index in [1.54, 1.807) is 0 Å². The van der Waals surface area contributed by atoms with E-state index in [-0.39, 0.29) is 19.0 Å². The molecule has 0 saturated carbocycles. The standard InChI is InChI=1S/C19H24ClNO2.ClH/c20-18-9-7-16(8-10-18)15-23-19-6-4-5-17(13-19)14-21-11-2-1-3-12-22;/h4-10,13,21-22H,1-3,11-12,14-15H2;1H. The van der Waals surface area contributed by atoms with E-state index >= 15 is 0 Å². The van der Waals surface area contributed by atoms with Crippen LogP contribution in [-0.2, 0) is 13.2 Å². The third kappa shape index (κ3) is 8.02. The molecule has 24 heavy (non-hydrogen) atoms. The Morgan fingerprint density at radius 2 is 1.75 bits per heavy atom. The molecule has 132 valence electrons. The van der Waals surface area contributed by atoms with Crippen molar-refractivity contribution in [1.29, 1.82) is 0 Å². The van der Waals surface area contributed by atoms with Crippen molar-refractivity contribution in [2.45, 2.75) is 32.4 Å². The number of hydrogen-bond donors (Lipinski definition) is 2. The second kappa shape index (κ2) is 12.2. The Kier molecular flexibility index (Phi) is 10.5. The second-order valence-corrected chi connectivity index (χ2v) is 5.96. The van der Waals surface area contributed by atoms with Gasteiger partial charge in [0.15, 0.2) is 0 Å². The molecule has 5 heteroatoms. The predicted molar refractivity (Wildman–Crippen MR) is 102 cm³/mol. The number of benzene rings is 2. The summed E-state index contributed by atoms with van der Waals surface area (Å²) in [6.45, 7) is 2.62. The maximum Gasteiger partial charge on any atom is 0.120 e. The highest BCUT2D eigenvalue weighted by Gasteiger charge is 1.99. The first-order valence-corrected chi connectivity index (χ1v) is 8.43. The molecule has 0 aliphatic rings. The molecule has 0 radical (unpaired) electrons. The smallest absolute Gasteiger partial charge is 0.120 e. The molecule has 0 aromatic heterocycles. The Labute approximate surface area is 155 Å². The van der Waals surface area contributed by atoms with Gasteiger partial charge in [-0.3, -0.25) is 0 Å². The molecule has 0 spiro atoms. The number of rotatable bonds is 10. The average molecular weight is 370 g/mol. The van der Waals surface area contributed by atoms with Crippen LogP contribution in [0.5, 0.6) is 5.75 Å². The highest BCUT2D eigenvalue weighted by Crippen LogP contribution is 2.16. The van der Waals surface area contributed by atoms with Gasteiger partial charge in [0.2, 0.25) is 0 Å². The van der Waals surface area contributed by atoms with Gasteiger partial charge >= 0.3 is 0 Å². The number of halogens is 2. The summed E-state index contributed by atoms with van der Waals surface area (Å²) in [6.07, 6.45) is 3.04. The van der Waals surface area contributed by atoms with Crippen molar-refractivity contribution in [3.63, 3.8) is 0 Å². The molecule has 2 N–H and O–H groups in total. The van der Waals surface area contributed by atoms with Crippen molar-refractivity contribution in [2.75, 3.05) is 13.2 Å². The summed E-state index contributed by atoms with van der Waals surface area (Å²) in [4.78, 5) is 0. The molecule has 2 aromatic carbocycles. The zero-order valence-corrected chi connectivity index (χ0v) is 15.3. The molecule has 2 rings (SSSR count). The largest absolute Gasteiger partial charge is 0.489 e. The van der Waals surface area contributed by atoms with E-state index in [2.05, 4.69) is 17.4 Å². The molecule has 0 fully saturated rings. The molecule has 0 amide bonds. The molecule has 0 heterocycles. The van der Waals surface area contributed by atoms with Crippen molar-refractivity contribution >= 4 is 24.0 Å². The van der Waals surface area contributed by atoms with Crippen LogP contribution in [0.2, 0.25) is 5.02 Å². The van der Waals surface area contributed by atoms with Crippen molar-refractivity contribution < 1.29 is 9.84 Å². The number of ether oxygens (including phenoxy) is 1. The molecule has 0 aliphatic carbocycles. The summed E-state index contributed by atoms with van der Waals surface area (Å²) in [5, 5.41) is 12.9.